The molecule has 1 amide bonds. The second-order valence-corrected chi connectivity index (χ2v) is 9.53. The second-order valence-electron chi connectivity index (χ2n) is 9.53. The summed E-state index contributed by atoms with van der Waals surface area (Å²) in [6.07, 6.45) is 8.59. The molecule has 0 aromatic heterocycles. The van der Waals surface area contributed by atoms with Crippen LogP contribution in [0.15, 0.2) is 24.3 Å². The first-order valence-corrected chi connectivity index (χ1v) is 12.1. The van der Waals surface area contributed by atoms with E-state index >= 15 is 0 Å². The van der Waals surface area contributed by atoms with E-state index in [2.05, 4.69) is 36.1 Å². The minimum Gasteiger partial charge on any atom is -0.333 e. The van der Waals surface area contributed by atoms with Crippen LogP contribution in [0.3, 0.4) is 0 Å². The number of rotatable bonds is 9. The van der Waals surface area contributed by atoms with Gasteiger partial charge in [0.1, 0.15) is 0 Å². The fourth-order valence-corrected chi connectivity index (χ4v) is 4.99. The molecule has 2 aliphatic rings. The number of aryl methyl sites for hydroxylation is 1. The summed E-state index contributed by atoms with van der Waals surface area (Å²) in [5.41, 5.74) is 2.82. The molecule has 1 aliphatic heterocycles. The lowest BCUT2D eigenvalue weighted by atomic mass is 9.94. The third-order valence-corrected chi connectivity index (χ3v) is 7.42. The molecule has 4 nitrogen and oxygen atoms in total. The lowest BCUT2D eigenvalue weighted by Crippen LogP contribution is -2.48. The predicted molar refractivity (Wildman–Crippen MR) is 122 cm³/mol. The Labute approximate surface area is 183 Å². The number of carbonyl (C=O) groups excluding carboxylic acids is 2. The molecule has 30 heavy (non-hydrogen) atoms. The van der Waals surface area contributed by atoms with E-state index < -0.39 is 0 Å². The molecule has 0 N–H and O–H groups in total. The predicted octanol–water partition coefficient (Wildman–Crippen LogP) is 4.64. The summed E-state index contributed by atoms with van der Waals surface area (Å²) in [4.78, 5) is 30.2. The third-order valence-electron chi connectivity index (χ3n) is 7.42. The van der Waals surface area contributed by atoms with Crippen molar-refractivity contribution in [3.05, 3.63) is 35.4 Å². The maximum atomic E-state index is 13.0. The molecule has 0 unspecified atom stereocenters. The van der Waals surface area contributed by atoms with Crippen LogP contribution in [0.2, 0.25) is 0 Å². The summed E-state index contributed by atoms with van der Waals surface area (Å²) in [5.74, 6) is -0.0306. The number of amides is 1. The van der Waals surface area contributed by atoms with Gasteiger partial charge in [-0.25, -0.2) is 0 Å². The van der Waals surface area contributed by atoms with Crippen LogP contribution >= 0.6 is 0 Å². The molecule has 0 bridgehead atoms. The van der Waals surface area contributed by atoms with Crippen molar-refractivity contribution < 1.29 is 9.59 Å². The molecule has 1 aromatic rings. The lowest BCUT2D eigenvalue weighted by molar-refractivity contribution is -0.148. The molecule has 1 aromatic carbocycles. The van der Waals surface area contributed by atoms with Gasteiger partial charge < -0.3 is 9.80 Å². The van der Waals surface area contributed by atoms with Crippen LogP contribution in [0.1, 0.15) is 69.9 Å². The zero-order valence-corrected chi connectivity index (χ0v) is 19.2. The lowest BCUT2D eigenvalue weighted by Gasteiger charge is -2.37. The van der Waals surface area contributed by atoms with Gasteiger partial charge in [-0.3, -0.25) is 9.59 Å². The van der Waals surface area contributed by atoms with Crippen molar-refractivity contribution in [2.45, 2.75) is 78.2 Å². The molecule has 1 saturated carbocycles. The van der Waals surface area contributed by atoms with Crippen LogP contribution in [0, 0.1) is 18.8 Å². The van der Waals surface area contributed by atoms with Gasteiger partial charge in [0, 0.05) is 25.0 Å². The molecular formula is C26H40N2O2. The molecule has 1 heterocycles. The fourth-order valence-electron chi connectivity index (χ4n) is 4.99. The van der Waals surface area contributed by atoms with Crippen molar-refractivity contribution in [2.24, 2.45) is 11.8 Å². The second kappa shape index (κ2) is 11.1. The molecule has 0 radical (unpaired) electrons. The van der Waals surface area contributed by atoms with Crippen molar-refractivity contribution in [2.75, 3.05) is 26.2 Å². The molecular weight excluding hydrogens is 372 g/mol. The Balaban J connectivity index is 1.52. The Morgan fingerprint density at radius 3 is 2.40 bits per heavy atom. The number of benzene rings is 1. The van der Waals surface area contributed by atoms with Crippen molar-refractivity contribution in [3.63, 3.8) is 0 Å². The van der Waals surface area contributed by atoms with E-state index in [4.69, 9.17) is 0 Å². The highest BCUT2D eigenvalue weighted by Crippen LogP contribution is 2.28. The van der Waals surface area contributed by atoms with E-state index in [0.29, 0.717) is 5.92 Å². The molecule has 1 aliphatic carbocycles. The van der Waals surface area contributed by atoms with Crippen molar-refractivity contribution in [3.8, 4) is 0 Å². The summed E-state index contributed by atoms with van der Waals surface area (Å²) >= 11 is 0. The first-order chi connectivity index (χ1) is 14.5. The quantitative estimate of drug-likeness (QED) is 0.555. The van der Waals surface area contributed by atoms with E-state index in [1.54, 1.807) is 0 Å². The van der Waals surface area contributed by atoms with Crippen LogP contribution in [0.5, 0.6) is 0 Å². The number of piperidine rings is 1. The van der Waals surface area contributed by atoms with E-state index in [9.17, 15) is 9.59 Å². The first kappa shape index (κ1) is 23.0. The standard InChI is InChI=1S/C26H40N2O2/c1-4-20(2)25(29)26(30)28(24-11-7-8-12-24)19-22-13-16-27(17-14-22)18-15-23-10-6-5-9-21(23)3/h5-6,9-10,20,22,24H,4,7-8,11-19H2,1-3H3/t20-/m1/s1. The topological polar surface area (TPSA) is 40.6 Å². The van der Waals surface area contributed by atoms with Gasteiger partial charge >= 0.3 is 0 Å². The van der Waals surface area contributed by atoms with Gasteiger partial charge in [0.05, 0.1) is 0 Å². The van der Waals surface area contributed by atoms with Gasteiger partial charge in [-0.15, -0.1) is 0 Å². The zero-order valence-electron chi connectivity index (χ0n) is 19.2. The van der Waals surface area contributed by atoms with Crippen molar-refractivity contribution in [1.29, 1.82) is 0 Å². The Kier molecular flexibility index (Phi) is 8.50. The number of hydrogen-bond acceptors (Lipinski definition) is 3. The Hall–Kier alpha value is -1.68. The molecule has 1 atom stereocenters. The average Bonchev–Trinajstić information content (AvgIpc) is 3.31. The van der Waals surface area contributed by atoms with Crippen LogP contribution in [0.4, 0.5) is 0 Å². The molecule has 3 rings (SSSR count). The minimum atomic E-state index is -0.210. The molecule has 2 fully saturated rings. The summed E-state index contributed by atoms with van der Waals surface area (Å²) in [6, 6.07) is 8.94. The number of carbonyl (C=O) groups is 2. The smallest absolute Gasteiger partial charge is 0.290 e. The number of hydrogen-bond donors (Lipinski definition) is 0. The Bertz CT molecular complexity index is 703. The van der Waals surface area contributed by atoms with E-state index in [-0.39, 0.29) is 23.7 Å². The Morgan fingerprint density at radius 1 is 1.10 bits per heavy atom. The van der Waals surface area contributed by atoms with E-state index in [1.807, 2.05) is 18.7 Å². The Morgan fingerprint density at radius 2 is 1.77 bits per heavy atom. The maximum Gasteiger partial charge on any atom is 0.290 e. The molecule has 0 spiro atoms. The van der Waals surface area contributed by atoms with Gasteiger partial charge in [-0.05, 0) is 75.6 Å². The minimum absolute atomic E-state index is 0.162. The van der Waals surface area contributed by atoms with Gasteiger partial charge in [-0.1, -0.05) is 51.0 Å². The van der Waals surface area contributed by atoms with Crippen LogP contribution < -0.4 is 0 Å². The molecule has 1 saturated heterocycles. The third kappa shape index (κ3) is 5.94. The maximum absolute atomic E-state index is 13.0. The van der Waals surface area contributed by atoms with Gasteiger partial charge in [0.2, 0.25) is 5.78 Å². The monoisotopic (exact) mass is 412 g/mol. The SMILES string of the molecule is CC[C@@H](C)C(=O)C(=O)N(CC1CCN(CCc2ccccc2C)CC1)C1CCCC1. The fraction of sp³-hybridized carbons (Fsp3) is 0.692. The highest BCUT2D eigenvalue weighted by atomic mass is 16.2. The summed E-state index contributed by atoms with van der Waals surface area (Å²) in [7, 11) is 0. The van der Waals surface area contributed by atoms with Crippen LogP contribution in [-0.4, -0.2) is 53.7 Å². The number of ketones is 1. The van der Waals surface area contributed by atoms with Crippen LogP contribution in [-0.2, 0) is 16.0 Å². The zero-order chi connectivity index (χ0) is 21.5. The highest BCUT2D eigenvalue weighted by molar-refractivity contribution is 6.36. The van der Waals surface area contributed by atoms with E-state index in [0.717, 1.165) is 64.7 Å². The van der Waals surface area contributed by atoms with Crippen molar-refractivity contribution in [1.82, 2.24) is 9.80 Å². The highest BCUT2D eigenvalue weighted by Gasteiger charge is 2.34. The first-order valence-electron chi connectivity index (χ1n) is 12.1. The number of Topliss-reactive ketones (excluding diaryl/α,β-unsaturated/α-hetero) is 1. The largest absolute Gasteiger partial charge is 0.333 e. The van der Waals surface area contributed by atoms with Crippen molar-refractivity contribution >= 4 is 11.7 Å². The number of likely N-dealkylation sites (tertiary alicyclic amines) is 1. The molecule has 4 heteroatoms. The van der Waals surface area contributed by atoms with Gasteiger partial charge in [0.25, 0.3) is 5.91 Å². The van der Waals surface area contributed by atoms with Gasteiger partial charge in [0.15, 0.2) is 0 Å². The summed E-state index contributed by atoms with van der Waals surface area (Å²) in [5, 5.41) is 0. The normalized spacial score (nSPS) is 19.7. The average molecular weight is 413 g/mol. The summed E-state index contributed by atoms with van der Waals surface area (Å²) in [6.45, 7) is 10.1. The summed E-state index contributed by atoms with van der Waals surface area (Å²) < 4.78 is 0. The van der Waals surface area contributed by atoms with E-state index in [1.165, 1.54) is 24.0 Å². The molecule has 166 valence electrons. The van der Waals surface area contributed by atoms with Crippen LogP contribution in [0.25, 0.3) is 0 Å². The van der Waals surface area contributed by atoms with Gasteiger partial charge in [-0.2, -0.15) is 0 Å². The number of nitrogens with zero attached hydrogens (tertiary/aromatic N) is 2.